The maximum absolute atomic E-state index is 8.81. The van der Waals surface area contributed by atoms with Gasteiger partial charge in [-0.15, -0.1) is 0 Å². The Labute approximate surface area is 176 Å². The molecule has 0 aromatic carbocycles. The van der Waals surface area contributed by atoms with Gasteiger partial charge in [-0.3, -0.25) is 10.1 Å². The summed E-state index contributed by atoms with van der Waals surface area (Å²) in [5.74, 6) is 0. The van der Waals surface area contributed by atoms with E-state index in [9.17, 15) is 0 Å². The third kappa shape index (κ3) is 8.96. The Bertz CT molecular complexity index is 621. The highest BCUT2D eigenvalue weighted by Gasteiger charge is 2.26. The van der Waals surface area contributed by atoms with Gasteiger partial charge < -0.3 is 16.0 Å². The SMILES string of the molecule is C=C/C=C\C(=C(C)C)C1=C(N)C(NC2CCN(CCC)CC2)CCC1.C[N+](=O)[O-]. The van der Waals surface area contributed by atoms with Crippen LogP contribution in [0.2, 0.25) is 0 Å². The predicted molar refractivity (Wildman–Crippen MR) is 122 cm³/mol. The minimum atomic E-state index is -0.500. The van der Waals surface area contributed by atoms with Crippen molar-refractivity contribution in [2.75, 3.05) is 26.7 Å². The van der Waals surface area contributed by atoms with Gasteiger partial charge in [-0.05, 0) is 83.2 Å². The first kappa shape index (κ1) is 25.1. The molecule has 0 spiro atoms. The second-order valence-corrected chi connectivity index (χ2v) is 8.11. The molecule has 1 fully saturated rings. The summed E-state index contributed by atoms with van der Waals surface area (Å²) in [6.45, 7) is 14.1. The Kier molecular flexibility index (Phi) is 11.5. The molecule has 1 saturated heterocycles. The highest BCUT2D eigenvalue weighted by Crippen LogP contribution is 2.31. The van der Waals surface area contributed by atoms with Crippen LogP contribution in [0.3, 0.4) is 0 Å². The largest absolute Gasteiger partial charge is 0.401 e. The minimum Gasteiger partial charge on any atom is -0.401 e. The highest BCUT2D eigenvalue weighted by atomic mass is 16.6. The molecule has 0 radical (unpaired) electrons. The van der Waals surface area contributed by atoms with Crippen LogP contribution >= 0.6 is 0 Å². The lowest BCUT2D eigenvalue weighted by Gasteiger charge is -2.36. The molecule has 29 heavy (non-hydrogen) atoms. The van der Waals surface area contributed by atoms with Gasteiger partial charge >= 0.3 is 0 Å². The van der Waals surface area contributed by atoms with Crippen LogP contribution in [-0.2, 0) is 0 Å². The number of piperidine rings is 1. The molecule has 0 aromatic rings. The number of hydrogen-bond donors (Lipinski definition) is 2. The molecule has 1 heterocycles. The van der Waals surface area contributed by atoms with E-state index < -0.39 is 4.92 Å². The van der Waals surface area contributed by atoms with Crippen molar-refractivity contribution in [2.24, 2.45) is 5.73 Å². The Hall–Kier alpha value is -1.92. The molecule has 3 N–H and O–H groups in total. The van der Waals surface area contributed by atoms with Crippen LogP contribution in [0.25, 0.3) is 0 Å². The zero-order valence-corrected chi connectivity index (χ0v) is 18.7. The van der Waals surface area contributed by atoms with Gasteiger partial charge in [-0.1, -0.05) is 37.3 Å². The smallest absolute Gasteiger partial charge is 0.194 e. The maximum Gasteiger partial charge on any atom is 0.194 e. The second kappa shape index (κ2) is 13.3. The first-order valence-corrected chi connectivity index (χ1v) is 10.8. The molecule has 1 aliphatic carbocycles. The van der Waals surface area contributed by atoms with Gasteiger partial charge in [-0.2, -0.15) is 0 Å². The van der Waals surface area contributed by atoms with E-state index in [1.54, 1.807) is 0 Å². The van der Waals surface area contributed by atoms with Crippen molar-refractivity contribution in [1.82, 2.24) is 10.2 Å². The van der Waals surface area contributed by atoms with Gasteiger partial charge in [0.2, 0.25) is 0 Å². The molecule has 0 aromatic heterocycles. The van der Waals surface area contributed by atoms with Crippen LogP contribution < -0.4 is 11.1 Å². The Morgan fingerprint density at radius 3 is 2.48 bits per heavy atom. The van der Waals surface area contributed by atoms with Crippen LogP contribution in [0.1, 0.15) is 59.3 Å². The number of rotatable bonds is 7. The summed E-state index contributed by atoms with van der Waals surface area (Å²) in [4.78, 5) is 10.9. The quantitative estimate of drug-likeness (QED) is 0.378. The van der Waals surface area contributed by atoms with Crippen molar-refractivity contribution in [1.29, 1.82) is 0 Å². The molecule has 0 amide bonds. The van der Waals surface area contributed by atoms with E-state index in [1.165, 1.54) is 62.0 Å². The van der Waals surface area contributed by atoms with Crippen molar-refractivity contribution >= 4 is 0 Å². The van der Waals surface area contributed by atoms with Crippen molar-refractivity contribution in [3.8, 4) is 0 Å². The lowest BCUT2D eigenvalue weighted by molar-refractivity contribution is -0.445. The molecule has 6 nitrogen and oxygen atoms in total. The lowest BCUT2D eigenvalue weighted by atomic mass is 9.85. The monoisotopic (exact) mass is 404 g/mol. The van der Waals surface area contributed by atoms with E-state index in [0.717, 1.165) is 25.6 Å². The number of nitrogens with two attached hydrogens (primary N) is 1. The van der Waals surface area contributed by atoms with E-state index in [2.05, 4.69) is 43.6 Å². The van der Waals surface area contributed by atoms with E-state index in [4.69, 9.17) is 15.8 Å². The van der Waals surface area contributed by atoms with Crippen LogP contribution in [0.15, 0.2) is 47.2 Å². The average Bonchev–Trinajstić information content (AvgIpc) is 2.66. The molecule has 6 heteroatoms. The normalized spacial score (nSPS) is 20.9. The van der Waals surface area contributed by atoms with Gasteiger partial charge in [0.05, 0.1) is 0 Å². The zero-order chi connectivity index (χ0) is 21.8. The molecule has 0 bridgehead atoms. The fraction of sp³-hybridized carbons (Fsp3) is 0.652. The molecule has 1 atom stereocenters. The van der Waals surface area contributed by atoms with Gasteiger partial charge in [-0.25, -0.2) is 0 Å². The molecular formula is C23H40N4O2. The van der Waals surface area contributed by atoms with E-state index >= 15 is 0 Å². The second-order valence-electron chi connectivity index (χ2n) is 8.11. The zero-order valence-electron chi connectivity index (χ0n) is 18.7. The van der Waals surface area contributed by atoms with Crippen molar-refractivity contribution in [3.63, 3.8) is 0 Å². The summed E-state index contributed by atoms with van der Waals surface area (Å²) < 4.78 is 0. The molecule has 164 valence electrons. The van der Waals surface area contributed by atoms with Gasteiger partial charge in [0, 0.05) is 22.7 Å². The van der Waals surface area contributed by atoms with Crippen LogP contribution in [0, 0.1) is 10.1 Å². The number of allylic oxidation sites excluding steroid dienone is 6. The highest BCUT2D eigenvalue weighted by molar-refractivity contribution is 5.47. The molecule has 2 aliphatic rings. The summed E-state index contributed by atoms with van der Waals surface area (Å²) in [5, 5.41) is 12.7. The fourth-order valence-corrected chi connectivity index (χ4v) is 4.11. The average molecular weight is 405 g/mol. The number of nitrogens with zero attached hydrogens (tertiary/aromatic N) is 2. The number of likely N-dealkylation sites (tertiary alicyclic amines) is 1. The molecule has 1 unspecified atom stereocenters. The Morgan fingerprint density at radius 1 is 1.34 bits per heavy atom. The number of hydrogen-bond acceptors (Lipinski definition) is 5. The standard InChI is InChI=1S/C22H37N3.CH3NO2/c1-5-7-9-19(17(3)4)20-10-8-11-21(22(20)23)24-18-12-15-25(14-6-2)16-13-18;1-2(3)4/h5,7,9,18,21,24H,1,6,8,10-16,23H2,2-4H3;1H3/b9-7-;. The summed E-state index contributed by atoms with van der Waals surface area (Å²) >= 11 is 0. The first-order chi connectivity index (χ1) is 13.8. The topological polar surface area (TPSA) is 84.4 Å². The molecule has 1 aliphatic heterocycles. The summed E-state index contributed by atoms with van der Waals surface area (Å²) in [6.07, 6.45) is 13.2. The Balaban J connectivity index is 0.000000960. The lowest BCUT2D eigenvalue weighted by Crippen LogP contribution is -2.48. The van der Waals surface area contributed by atoms with Gasteiger partial charge in [0.25, 0.3) is 0 Å². The molecule has 0 saturated carbocycles. The van der Waals surface area contributed by atoms with Gasteiger partial charge in [0.15, 0.2) is 7.05 Å². The third-order valence-electron chi connectivity index (χ3n) is 5.47. The predicted octanol–water partition coefficient (Wildman–Crippen LogP) is 4.19. The number of nitro groups is 1. The first-order valence-electron chi connectivity index (χ1n) is 10.8. The summed E-state index contributed by atoms with van der Waals surface area (Å²) in [6, 6.07) is 0.938. The van der Waals surface area contributed by atoms with Crippen LogP contribution in [0.5, 0.6) is 0 Å². The third-order valence-corrected chi connectivity index (χ3v) is 5.47. The fourth-order valence-electron chi connectivity index (χ4n) is 4.11. The van der Waals surface area contributed by atoms with E-state index in [1.807, 2.05) is 12.2 Å². The molecule has 2 rings (SSSR count). The van der Waals surface area contributed by atoms with Crippen LogP contribution in [0.4, 0.5) is 0 Å². The van der Waals surface area contributed by atoms with E-state index in [0.29, 0.717) is 12.1 Å². The van der Waals surface area contributed by atoms with E-state index in [-0.39, 0.29) is 0 Å². The maximum atomic E-state index is 8.81. The van der Waals surface area contributed by atoms with Crippen LogP contribution in [-0.4, -0.2) is 48.6 Å². The Morgan fingerprint density at radius 2 is 1.97 bits per heavy atom. The van der Waals surface area contributed by atoms with Crippen molar-refractivity contribution in [2.45, 2.75) is 71.4 Å². The minimum absolute atomic E-state index is 0.331. The number of nitrogens with one attached hydrogen (secondary N) is 1. The van der Waals surface area contributed by atoms with Crippen molar-refractivity contribution in [3.05, 3.63) is 57.3 Å². The summed E-state index contributed by atoms with van der Waals surface area (Å²) in [5.41, 5.74) is 11.7. The summed E-state index contributed by atoms with van der Waals surface area (Å²) in [7, 11) is 0.889. The van der Waals surface area contributed by atoms with Crippen molar-refractivity contribution < 1.29 is 4.92 Å². The van der Waals surface area contributed by atoms with Gasteiger partial charge in [0.1, 0.15) is 0 Å². The molecular weight excluding hydrogens is 364 g/mol.